The van der Waals surface area contributed by atoms with E-state index >= 15 is 0 Å². The van der Waals surface area contributed by atoms with Gasteiger partial charge in [0.2, 0.25) is 0 Å². The second-order valence-electron chi connectivity index (χ2n) is 5.68. The van der Waals surface area contributed by atoms with Gasteiger partial charge in [-0.15, -0.1) is 11.6 Å². The molecule has 0 radical (unpaired) electrons. The Hall–Kier alpha value is 0.210. The van der Waals surface area contributed by atoms with Crippen LogP contribution in [0.5, 0.6) is 0 Å². The Morgan fingerprint density at radius 2 is 1.94 bits per heavy atom. The van der Waals surface area contributed by atoms with Crippen LogP contribution < -0.4 is 5.32 Å². The zero-order chi connectivity index (χ0) is 11.9. The third-order valence-corrected chi connectivity index (χ3v) is 3.59. The van der Waals surface area contributed by atoms with Crippen molar-refractivity contribution >= 4 is 11.6 Å². The summed E-state index contributed by atoms with van der Waals surface area (Å²) in [6.07, 6.45) is 5.16. The molecule has 1 saturated heterocycles. The second kappa shape index (κ2) is 7.52. The van der Waals surface area contributed by atoms with E-state index in [4.69, 9.17) is 11.6 Å². The van der Waals surface area contributed by atoms with Crippen LogP contribution in [0.3, 0.4) is 0 Å². The Bertz CT molecular complexity index is 177. The van der Waals surface area contributed by atoms with Crippen molar-refractivity contribution in [1.82, 2.24) is 10.2 Å². The number of likely N-dealkylation sites (tertiary alicyclic amines) is 1. The van der Waals surface area contributed by atoms with Gasteiger partial charge in [0.05, 0.1) is 0 Å². The lowest BCUT2D eigenvalue weighted by Crippen LogP contribution is -2.32. The van der Waals surface area contributed by atoms with Crippen LogP contribution in [0.1, 0.15) is 39.5 Å². The van der Waals surface area contributed by atoms with E-state index in [1.807, 2.05) is 0 Å². The number of nitrogens with zero attached hydrogens (tertiary/aromatic N) is 1. The van der Waals surface area contributed by atoms with E-state index in [0.29, 0.717) is 5.41 Å². The first kappa shape index (κ1) is 14.3. The van der Waals surface area contributed by atoms with E-state index < -0.39 is 0 Å². The molecule has 2 nitrogen and oxygen atoms in total. The first-order valence-corrected chi connectivity index (χ1v) is 7.16. The van der Waals surface area contributed by atoms with Crippen molar-refractivity contribution < 1.29 is 0 Å². The molecule has 1 rings (SSSR count). The third-order valence-electron chi connectivity index (χ3n) is 3.40. The van der Waals surface area contributed by atoms with Gasteiger partial charge in [0, 0.05) is 12.4 Å². The van der Waals surface area contributed by atoms with E-state index in [0.717, 1.165) is 25.4 Å². The first-order chi connectivity index (χ1) is 7.64. The summed E-state index contributed by atoms with van der Waals surface area (Å²) >= 11 is 5.78. The van der Waals surface area contributed by atoms with Crippen LogP contribution in [0.4, 0.5) is 0 Å². The molecule has 1 aliphatic heterocycles. The van der Waals surface area contributed by atoms with Crippen molar-refractivity contribution in [3.63, 3.8) is 0 Å². The zero-order valence-corrected chi connectivity index (χ0v) is 11.7. The van der Waals surface area contributed by atoms with Gasteiger partial charge in [0.25, 0.3) is 0 Å². The summed E-state index contributed by atoms with van der Waals surface area (Å²) in [6, 6.07) is 0. The average molecular weight is 247 g/mol. The van der Waals surface area contributed by atoms with Gasteiger partial charge in [-0.2, -0.15) is 0 Å². The molecule has 0 saturated carbocycles. The van der Waals surface area contributed by atoms with Crippen LogP contribution in [0, 0.1) is 5.41 Å². The molecule has 1 heterocycles. The topological polar surface area (TPSA) is 15.3 Å². The van der Waals surface area contributed by atoms with Crippen LogP contribution in [0.25, 0.3) is 0 Å². The molecule has 0 amide bonds. The van der Waals surface area contributed by atoms with Gasteiger partial charge in [0.1, 0.15) is 0 Å². The summed E-state index contributed by atoms with van der Waals surface area (Å²) in [7, 11) is 0. The quantitative estimate of drug-likeness (QED) is 0.523. The maximum absolute atomic E-state index is 5.78. The molecule has 96 valence electrons. The average Bonchev–Trinajstić information content (AvgIpc) is 2.69. The molecule has 3 heteroatoms. The van der Waals surface area contributed by atoms with Gasteiger partial charge in [-0.3, -0.25) is 0 Å². The summed E-state index contributed by atoms with van der Waals surface area (Å²) in [6.45, 7) is 10.7. The number of hydrogen-bond donors (Lipinski definition) is 1. The molecule has 16 heavy (non-hydrogen) atoms. The van der Waals surface area contributed by atoms with Gasteiger partial charge in [-0.1, -0.05) is 13.8 Å². The molecule has 0 bridgehead atoms. The Morgan fingerprint density at radius 3 is 2.56 bits per heavy atom. The summed E-state index contributed by atoms with van der Waals surface area (Å²) in [5, 5.41) is 3.55. The Kier molecular flexibility index (Phi) is 6.71. The molecule has 0 aromatic rings. The highest BCUT2D eigenvalue weighted by Gasteiger charge is 2.16. The van der Waals surface area contributed by atoms with Crippen molar-refractivity contribution in [3.8, 4) is 0 Å². The molecule has 0 aliphatic carbocycles. The summed E-state index contributed by atoms with van der Waals surface area (Å²) in [4.78, 5) is 2.57. The molecule has 1 aliphatic rings. The minimum absolute atomic E-state index is 0.343. The van der Waals surface area contributed by atoms with E-state index in [1.165, 1.54) is 38.9 Å². The summed E-state index contributed by atoms with van der Waals surface area (Å²) < 4.78 is 0. The van der Waals surface area contributed by atoms with Gasteiger partial charge < -0.3 is 10.2 Å². The second-order valence-corrected chi connectivity index (χ2v) is 6.06. The number of nitrogens with one attached hydrogen (secondary N) is 1. The number of halogens is 1. The fraction of sp³-hybridized carbons (Fsp3) is 1.00. The van der Waals surface area contributed by atoms with E-state index in [2.05, 4.69) is 24.1 Å². The van der Waals surface area contributed by atoms with Crippen LogP contribution in [0.15, 0.2) is 0 Å². The predicted octanol–water partition coefficient (Wildman–Crippen LogP) is 2.72. The van der Waals surface area contributed by atoms with E-state index in [1.54, 1.807) is 0 Å². The molecule has 0 unspecified atom stereocenters. The van der Waals surface area contributed by atoms with Crippen molar-refractivity contribution in [2.24, 2.45) is 5.41 Å². The minimum atomic E-state index is 0.343. The fourth-order valence-electron chi connectivity index (χ4n) is 2.20. The molecule has 0 atom stereocenters. The Morgan fingerprint density at radius 1 is 1.25 bits per heavy atom. The lowest BCUT2D eigenvalue weighted by atomic mass is 9.90. The number of hydrogen-bond acceptors (Lipinski definition) is 2. The van der Waals surface area contributed by atoms with Gasteiger partial charge in [-0.05, 0) is 57.3 Å². The van der Waals surface area contributed by atoms with Crippen molar-refractivity contribution in [2.45, 2.75) is 39.5 Å². The van der Waals surface area contributed by atoms with Crippen LogP contribution in [0.2, 0.25) is 0 Å². The molecule has 0 spiro atoms. The molecule has 1 fully saturated rings. The van der Waals surface area contributed by atoms with Crippen molar-refractivity contribution in [3.05, 3.63) is 0 Å². The normalized spacial score (nSPS) is 18.2. The van der Waals surface area contributed by atoms with Crippen molar-refractivity contribution in [2.75, 3.05) is 38.6 Å². The maximum Gasteiger partial charge on any atom is 0.0229 e. The maximum atomic E-state index is 5.78. The Balaban J connectivity index is 1.94. The number of alkyl halides is 1. The van der Waals surface area contributed by atoms with Gasteiger partial charge in [0.15, 0.2) is 0 Å². The zero-order valence-electron chi connectivity index (χ0n) is 10.9. The molecular formula is C13H27ClN2. The highest BCUT2D eigenvalue weighted by molar-refractivity contribution is 6.17. The van der Waals surface area contributed by atoms with E-state index in [-0.39, 0.29) is 0 Å². The summed E-state index contributed by atoms with van der Waals surface area (Å²) in [5.74, 6) is 0.766. The van der Waals surface area contributed by atoms with Gasteiger partial charge in [-0.25, -0.2) is 0 Å². The fourth-order valence-corrected chi connectivity index (χ4v) is 2.72. The minimum Gasteiger partial charge on any atom is -0.316 e. The van der Waals surface area contributed by atoms with E-state index in [9.17, 15) is 0 Å². The lowest BCUT2D eigenvalue weighted by Gasteiger charge is -2.24. The molecule has 1 N–H and O–H groups in total. The SMILES string of the molecule is CC(C)(CCCl)CNCCCN1CCCC1. The third kappa shape index (κ3) is 6.07. The summed E-state index contributed by atoms with van der Waals surface area (Å²) in [5.41, 5.74) is 0.343. The van der Waals surface area contributed by atoms with Crippen LogP contribution >= 0.6 is 11.6 Å². The monoisotopic (exact) mass is 246 g/mol. The van der Waals surface area contributed by atoms with Crippen LogP contribution in [-0.4, -0.2) is 43.5 Å². The highest BCUT2D eigenvalue weighted by Crippen LogP contribution is 2.19. The van der Waals surface area contributed by atoms with Crippen molar-refractivity contribution in [1.29, 1.82) is 0 Å². The molecular weight excluding hydrogens is 220 g/mol. The number of rotatable bonds is 8. The van der Waals surface area contributed by atoms with Gasteiger partial charge >= 0.3 is 0 Å². The molecule has 0 aromatic heterocycles. The highest BCUT2D eigenvalue weighted by atomic mass is 35.5. The van der Waals surface area contributed by atoms with Crippen LogP contribution in [-0.2, 0) is 0 Å². The standard InChI is InChI=1S/C13H27ClN2/c1-13(2,6-7-14)12-15-8-5-11-16-9-3-4-10-16/h15H,3-12H2,1-2H3. The largest absolute Gasteiger partial charge is 0.316 e. The molecule has 0 aromatic carbocycles. The smallest absolute Gasteiger partial charge is 0.0229 e. The predicted molar refractivity (Wildman–Crippen MR) is 72.3 cm³/mol. The first-order valence-electron chi connectivity index (χ1n) is 6.63. The lowest BCUT2D eigenvalue weighted by molar-refractivity contribution is 0.308. The Labute approximate surface area is 106 Å².